The fourth-order valence-corrected chi connectivity index (χ4v) is 6.10. The third-order valence-corrected chi connectivity index (χ3v) is 8.35. The highest BCUT2D eigenvalue weighted by Gasteiger charge is 2.37. The van der Waals surface area contributed by atoms with Gasteiger partial charge in [-0.1, -0.05) is 6.07 Å². The Labute approximate surface area is 220 Å². The summed E-state index contributed by atoms with van der Waals surface area (Å²) in [6.07, 6.45) is -0.0991. The molecule has 1 N–H and O–H groups in total. The number of nitrogens with zero attached hydrogens (tertiary/aromatic N) is 4. The van der Waals surface area contributed by atoms with Crippen molar-refractivity contribution in [3.63, 3.8) is 0 Å². The molecule has 1 aliphatic rings. The van der Waals surface area contributed by atoms with Gasteiger partial charge in [-0.25, -0.2) is 23.4 Å². The molecule has 38 heavy (non-hydrogen) atoms. The Morgan fingerprint density at radius 1 is 1.08 bits per heavy atom. The first-order valence-electron chi connectivity index (χ1n) is 12.1. The number of pyridine rings is 1. The van der Waals surface area contributed by atoms with Crippen LogP contribution in [0.4, 0.5) is 19.0 Å². The molecule has 12 heteroatoms. The second kappa shape index (κ2) is 10.9. The molecule has 204 valence electrons. The van der Waals surface area contributed by atoms with E-state index in [0.717, 1.165) is 11.6 Å². The lowest BCUT2D eigenvalue weighted by molar-refractivity contribution is -0.137. The number of hydrogen-bond acceptors (Lipinski definition) is 7. The maximum absolute atomic E-state index is 13.3. The normalized spacial score (nSPS) is 20.4. The van der Waals surface area contributed by atoms with E-state index < -0.39 is 21.8 Å². The molecule has 2 heterocycles. The van der Waals surface area contributed by atoms with Crippen LogP contribution in [0.25, 0.3) is 0 Å². The van der Waals surface area contributed by atoms with Crippen LogP contribution in [0, 0.1) is 13.8 Å². The number of hydrogen-bond donors (Lipinski definition) is 1. The van der Waals surface area contributed by atoms with Gasteiger partial charge in [-0.05, 0) is 88.5 Å². The molecular formula is C26H30F3N5O3S. The highest BCUT2D eigenvalue weighted by atomic mass is 32.2. The van der Waals surface area contributed by atoms with Crippen LogP contribution in [-0.4, -0.2) is 54.5 Å². The van der Waals surface area contributed by atoms with E-state index in [9.17, 15) is 21.6 Å². The minimum Gasteiger partial charge on any atom is -0.473 e. The van der Waals surface area contributed by atoms with E-state index in [1.807, 2.05) is 25.9 Å². The van der Waals surface area contributed by atoms with Crippen molar-refractivity contribution in [3.8, 4) is 5.88 Å². The molecule has 1 fully saturated rings. The van der Waals surface area contributed by atoms with Crippen molar-refractivity contribution in [2.45, 2.75) is 62.2 Å². The number of nitrogens with one attached hydrogen (secondary N) is 1. The fourth-order valence-electron chi connectivity index (χ4n) is 4.91. The zero-order valence-corrected chi connectivity index (χ0v) is 22.3. The van der Waals surface area contributed by atoms with Gasteiger partial charge in [0.05, 0.1) is 11.3 Å². The van der Waals surface area contributed by atoms with Gasteiger partial charge in [0.25, 0.3) is 10.0 Å². The summed E-state index contributed by atoms with van der Waals surface area (Å²) >= 11 is 0. The summed E-state index contributed by atoms with van der Waals surface area (Å²) < 4.78 is 74.3. The van der Waals surface area contributed by atoms with E-state index in [1.165, 1.54) is 42.9 Å². The zero-order valence-electron chi connectivity index (χ0n) is 21.5. The third-order valence-electron chi connectivity index (χ3n) is 6.86. The molecule has 4 rings (SSSR count). The van der Waals surface area contributed by atoms with Crippen molar-refractivity contribution in [1.82, 2.24) is 19.9 Å². The maximum Gasteiger partial charge on any atom is 0.416 e. The van der Waals surface area contributed by atoms with E-state index in [4.69, 9.17) is 4.74 Å². The number of aryl methyl sites for hydroxylation is 2. The molecule has 0 unspecified atom stereocenters. The van der Waals surface area contributed by atoms with E-state index in [-0.39, 0.29) is 40.4 Å². The summed E-state index contributed by atoms with van der Waals surface area (Å²) in [7, 11) is -0.0963. The summed E-state index contributed by atoms with van der Waals surface area (Å²) in [5.41, 5.74) is 1.18. The van der Waals surface area contributed by atoms with Crippen molar-refractivity contribution < 1.29 is 26.3 Å². The van der Waals surface area contributed by atoms with Gasteiger partial charge in [0.2, 0.25) is 5.88 Å². The Morgan fingerprint density at radius 2 is 1.84 bits per heavy atom. The molecule has 1 aliphatic carbocycles. The number of aromatic nitrogens is 3. The number of rotatable bonds is 7. The van der Waals surface area contributed by atoms with E-state index in [2.05, 4.69) is 19.7 Å². The van der Waals surface area contributed by atoms with Crippen molar-refractivity contribution >= 4 is 15.8 Å². The summed E-state index contributed by atoms with van der Waals surface area (Å²) in [5, 5.41) is 0. The minimum atomic E-state index is -4.39. The second-order valence-electron chi connectivity index (χ2n) is 9.70. The van der Waals surface area contributed by atoms with Crippen molar-refractivity contribution in [3.05, 3.63) is 71.3 Å². The standard InChI is InChI=1S/C26H30F3N5O3S/c1-16-5-7-19(26(27,28)29)14-20(16)18-6-8-22(21(13-18)34(3)4)37-25-10-9-23(17(2)32-25)38(35,36)33-24-11-12-30-15-31-24/h5,7,9-12,14-15,18,21-22H,6,8,13H2,1-4H3,(H,30,31,33)/t18-,21-,22-/m0/s1. The predicted octanol–water partition coefficient (Wildman–Crippen LogP) is 4.95. The van der Waals surface area contributed by atoms with Crippen LogP contribution in [0.5, 0.6) is 5.88 Å². The summed E-state index contributed by atoms with van der Waals surface area (Å²) in [5.74, 6) is 0.384. The average Bonchev–Trinajstić information content (AvgIpc) is 2.84. The van der Waals surface area contributed by atoms with Crippen LogP contribution in [0.1, 0.15) is 47.6 Å². The quantitative estimate of drug-likeness (QED) is 0.445. The number of sulfonamides is 1. The molecule has 0 bridgehead atoms. The molecule has 1 saturated carbocycles. The van der Waals surface area contributed by atoms with Gasteiger partial charge < -0.3 is 9.64 Å². The molecule has 8 nitrogen and oxygen atoms in total. The number of ether oxygens (including phenoxy) is 1. The molecular weight excluding hydrogens is 519 g/mol. The van der Waals surface area contributed by atoms with Crippen LogP contribution in [0.3, 0.4) is 0 Å². The van der Waals surface area contributed by atoms with Crippen LogP contribution >= 0.6 is 0 Å². The summed E-state index contributed by atoms with van der Waals surface area (Å²) in [6.45, 7) is 3.42. The van der Waals surface area contributed by atoms with Gasteiger partial charge in [-0.2, -0.15) is 13.2 Å². The molecule has 1 aromatic carbocycles. The van der Waals surface area contributed by atoms with Gasteiger partial charge in [0, 0.05) is 18.3 Å². The van der Waals surface area contributed by atoms with Crippen LogP contribution in [0.2, 0.25) is 0 Å². The van der Waals surface area contributed by atoms with Gasteiger partial charge in [-0.15, -0.1) is 0 Å². The number of anilines is 1. The Balaban J connectivity index is 1.50. The van der Waals surface area contributed by atoms with Gasteiger partial charge in [-0.3, -0.25) is 4.72 Å². The molecule has 0 saturated heterocycles. The average molecular weight is 550 g/mol. The highest BCUT2D eigenvalue weighted by Crippen LogP contribution is 2.40. The van der Waals surface area contributed by atoms with Gasteiger partial charge >= 0.3 is 6.18 Å². The number of halogens is 3. The molecule has 0 aliphatic heterocycles. The fraction of sp³-hybridized carbons (Fsp3) is 0.423. The topological polar surface area (TPSA) is 97.3 Å². The van der Waals surface area contributed by atoms with Crippen molar-refractivity contribution in [2.24, 2.45) is 0 Å². The van der Waals surface area contributed by atoms with Crippen LogP contribution in [-0.2, 0) is 16.2 Å². The Kier molecular flexibility index (Phi) is 7.93. The molecule has 0 spiro atoms. The highest BCUT2D eigenvalue weighted by molar-refractivity contribution is 7.92. The molecule has 2 aromatic heterocycles. The van der Waals surface area contributed by atoms with Crippen molar-refractivity contribution in [1.29, 1.82) is 0 Å². The Hall–Kier alpha value is -3.25. The van der Waals surface area contributed by atoms with Gasteiger partial charge in [0.15, 0.2) is 0 Å². The van der Waals surface area contributed by atoms with Gasteiger partial charge in [0.1, 0.15) is 23.1 Å². The lowest BCUT2D eigenvalue weighted by Gasteiger charge is -2.40. The molecule has 3 aromatic rings. The molecule has 3 atom stereocenters. The number of likely N-dealkylation sites (N-methyl/N-ethyl adjacent to an activating group) is 1. The number of benzene rings is 1. The largest absolute Gasteiger partial charge is 0.473 e. The SMILES string of the molecule is Cc1ccc(C(F)(F)F)cc1[C@H]1CC[C@H](Oc2ccc(S(=O)(=O)Nc3ccncn3)c(C)n2)[C@@H](N(C)C)C1. The van der Waals surface area contributed by atoms with E-state index >= 15 is 0 Å². The Bertz CT molecular complexity index is 1380. The van der Waals surface area contributed by atoms with E-state index in [1.54, 1.807) is 6.92 Å². The third kappa shape index (κ3) is 6.24. The maximum atomic E-state index is 13.3. The molecule has 0 radical (unpaired) electrons. The first kappa shape index (κ1) is 27.8. The smallest absolute Gasteiger partial charge is 0.416 e. The monoisotopic (exact) mass is 549 g/mol. The summed E-state index contributed by atoms with van der Waals surface area (Å²) in [4.78, 5) is 14.0. The first-order chi connectivity index (χ1) is 17.8. The van der Waals surface area contributed by atoms with Crippen molar-refractivity contribution in [2.75, 3.05) is 18.8 Å². The first-order valence-corrected chi connectivity index (χ1v) is 13.6. The Morgan fingerprint density at radius 3 is 2.47 bits per heavy atom. The van der Waals surface area contributed by atoms with Crippen LogP contribution < -0.4 is 9.46 Å². The van der Waals surface area contributed by atoms with E-state index in [0.29, 0.717) is 24.8 Å². The lowest BCUT2D eigenvalue weighted by atomic mass is 9.77. The van der Waals surface area contributed by atoms with Crippen LogP contribution in [0.15, 0.2) is 53.8 Å². The number of alkyl halides is 3. The predicted molar refractivity (Wildman–Crippen MR) is 136 cm³/mol. The minimum absolute atomic E-state index is 0.00338. The molecule has 0 amide bonds. The lowest BCUT2D eigenvalue weighted by Crippen LogP contribution is -2.46. The zero-order chi connectivity index (χ0) is 27.7. The second-order valence-corrected chi connectivity index (χ2v) is 11.4. The summed E-state index contributed by atoms with van der Waals surface area (Å²) in [6, 6.07) is 8.24.